The molecule has 0 radical (unpaired) electrons. The summed E-state index contributed by atoms with van der Waals surface area (Å²) < 4.78 is 5.24. The second-order valence-electron chi connectivity index (χ2n) is 4.46. The highest BCUT2D eigenvalue weighted by Crippen LogP contribution is 2.44. The van der Waals surface area contributed by atoms with E-state index in [0.717, 1.165) is 38.9 Å². The van der Waals surface area contributed by atoms with Crippen molar-refractivity contribution in [3.63, 3.8) is 0 Å². The van der Waals surface area contributed by atoms with E-state index in [9.17, 15) is 4.79 Å². The van der Waals surface area contributed by atoms with Gasteiger partial charge in [-0.2, -0.15) is 5.26 Å². The smallest absolute Gasteiger partial charge is 0.240 e. The average Bonchev–Trinajstić information content (AvgIpc) is 3.08. The van der Waals surface area contributed by atoms with Crippen molar-refractivity contribution in [2.75, 3.05) is 19.8 Å². The molecule has 4 nitrogen and oxygen atoms in total. The molecule has 0 spiro atoms. The molecular formula is C11H16N2O2. The minimum absolute atomic E-state index is 0.0727. The Kier molecular flexibility index (Phi) is 2.92. The maximum absolute atomic E-state index is 11.6. The number of carbonyl (C=O) groups excluding carboxylic acids is 1. The van der Waals surface area contributed by atoms with Crippen LogP contribution in [0.2, 0.25) is 0 Å². The van der Waals surface area contributed by atoms with Gasteiger partial charge in [0.1, 0.15) is 5.41 Å². The molecule has 1 saturated carbocycles. The SMILES string of the molecule is N#CC1(C(=O)NCC2CCOCC2)CC1. The number of nitrogens with one attached hydrogen (secondary N) is 1. The van der Waals surface area contributed by atoms with Gasteiger partial charge in [-0.1, -0.05) is 0 Å². The molecule has 1 aliphatic carbocycles. The van der Waals surface area contributed by atoms with Crippen molar-refractivity contribution < 1.29 is 9.53 Å². The van der Waals surface area contributed by atoms with Crippen LogP contribution in [0.25, 0.3) is 0 Å². The van der Waals surface area contributed by atoms with Gasteiger partial charge in [-0.3, -0.25) is 4.79 Å². The van der Waals surface area contributed by atoms with Gasteiger partial charge in [-0.15, -0.1) is 0 Å². The van der Waals surface area contributed by atoms with E-state index in [1.165, 1.54) is 0 Å². The van der Waals surface area contributed by atoms with Crippen molar-refractivity contribution in [1.29, 1.82) is 5.26 Å². The summed E-state index contributed by atoms with van der Waals surface area (Å²) in [5, 5.41) is 11.7. The predicted molar refractivity (Wildman–Crippen MR) is 53.8 cm³/mol. The summed E-state index contributed by atoms with van der Waals surface area (Å²) >= 11 is 0. The first kappa shape index (κ1) is 10.4. The van der Waals surface area contributed by atoms with Crippen LogP contribution >= 0.6 is 0 Å². The van der Waals surface area contributed by atoms with Crippen LogP contribution in [0.1, 0.15) is 25.7 Å². The predicted octanol–water partition coefficient (Wildman–Crippen LogP) is 0.833. The topological polar surface area (TPSA) is 62.1 Å². The quantitative estimate of drug-likeness (QED) is 0.747. The molecule has 0 aromatic carbocycles. The highest BCUT2D eigenvalue weighted by atomic mass is 16.5. The lowest BCUT2D eigenvalue weighted by Crippen LogP contribution is -2.36. The Morgan fingerprint density at radius 1 is 1.47 bits per heavy atom. The van der Waals surface area contributed by atoms with Crippen LogP contribution in [0.5, 0.6) is 0 Å². The van der Waals surface area contributed by atoms with E-state index in [2.05, 4.69) is 11.4 Å². The number of rotatable bonds is 3. The van der Waals surface area contributed by atoms with Crippen molar-refractivity contribution in [1.82, 2.24) is 5.32 Å². The molecule has 0 bridgehead atoms. The third kappa shape index (κ3) is 2.29. The van der Waals surface area contributed by atoms with Crippen LogP contribution in [-0.4, -0.2) is 25.7 Å². The molecule has 2 rings (SSSR count). The molecule has 82 valence electrons. The Labute approximate surface area is 89.6 Å². The summed E-state index contributed by atoms with van der Waals surface area (Å²) in [6, 6.07) is 2.10. The van der Waals surface area contributed by atoms with Crippen LogP contribution < -0.4 is 5.32 Å². The first-order valence-electron chi connectivity index (χ1n) is 5.54. The summed E-state index contributed by atoms with van der Waals surface area (Å²) in [5.74, 6) is 0.452. The molecule has 0 atom stereocenters. The zero-order valence-corrected chi connectivity index (χ0v) is 8.79. The molecule has 4 heteroatoms. The van der Waals surface area contributed by atoms with Crippen molar-refractivity contribution in [3.05, 3.63) is 0 Å². The fraction of sp³-hybridized carbons (Fsp3) is 0.818. The summed E-state index contributed by atoms with van der Waals surface area (Å²) in [5.41, 5.74) is -0.675. The molecular weight excluding hydrogens is 192 g/mol. The standard InChI is InChI=1S/C11H16N2O2/c12-8-11(3-4-11)10(14)13-7-9-1-5-15-6-2-9/h9H,1-7H2,(H,13,14). The molecule has 1 aliphatic heterocycles. The van der Waals surface area contributed by atoms with E-state index in [1.807, 2.05) is 0 Å². The van der Waals surface area contributed by atoms with Gasteiger partial charge >= 0.3 is 0 Å². The van der Waals surface area contributed by atoms with Gasteiger partial charge in [0.05, 0.1) is 6.07 Å². The van der Waals surface area contributed by atoms with Crippen LogP contribution in [0.4, 0.5) is 0 Å². The Bertz CT molecular complexity index is 285. The third-order valence-electron chi connectivity index (χ3n) is 3.29. The van der Waals surface area contributed by atoms with Gasteiger partial charge in [0.15, 0.2) is 0 Å². The normalized spacial score (nSPS) is 24.2. The second kappa shape index (κ2) is 4.19. The first-order chi connectivity index (χ1) is 7.27. The van der Waals surface area contributed by atoms with Gasteiger partial charge in [-0.05, 0) is 31.6 Å². The zero-order chi connectivity index (χ0) is 10.7. The van der Waals surface area contributed by atoms with Crippen LogP contribution in [-0.2, 0) is 9.53 Å². The molecule has 0 aromatic heterocycles. The average molecular weight is 208 g/mol. The lowest BCUT2D eigenvalue weighted by molar-refractivity contribution is -0.124. The Morgan fingerprint density at radius 2 is 2.13 bits per heavy atom. The molecule has 0 unspecified atom stereocenters. The Balaban J connectivity index is 1.73. The number of carbonyl (C=O) groups is 1. The summed E-state index contributed by atoms with van der Waals surface area (Å²) in [6.45, 7) is 2.29. The number of nitrogens with zero attached hydrogens (tertiary/aromatic N) is 1. The van der Waals surface area contributed by atoms with E-state index in [-0.39, 0.29) is 5.91 Å². The molecule has 1 amide bonds. The van der Waals surface area contributed by atoms with Crippen LogP contribution in [0.3, 0.4) is 0 Å². The van der Waals surface area contributed by atoms with E-state index in [4.69, 9.17) is 10.00 Å². The molecule has 1 N–H and O–H groups in total. The number of nitriles is 1. The Hall–Kier alpha value is -1.08. The van der Waals surface area contributed by atoms with Crippen molar-refractivity contribution in [2.24, 2.45) is 11.3 Å². The number of amides is 1. The van der Waals surface area contributed by atoms with Gasteiger partial charge in [0.25, 0.3) is 0 Å². The van der Waals surface area contributed by atoms with E-state index >= 15 is 0 Å². The zero-order valence-electron chi connectivity index (χ0n) is 8.79. The Morgan fingerprint density at radius 3 is 2.67 bits per heavy atom. The minimum Gasteiger partial charge on any atom is -0.381 e. The molecule has 0 aromatic rings. The highest BCUT2D eigenvalue weighted by Gasteiger charge is 2.50. The number of hydrogen-bond donors (Lipinski definition) is 1. The summed E-state index contributed by atoms with van der Waals surface area (Å²) in [7, 11) is 0. The van der Waals surface area contributed by atoms with Gasteiger partial charge in [-0.25, -0.2) is 0 Å². The van der Waals surface area contributed by atoms with Crippen LogP contribution in [0, 0.1) is 22.7 Å². The number of hydrogen-bond acceptors (Lipinski definition) is 3. The lowest BCUT2D eigenvalue weighted by Gasteiger charge is -2.22. The highest BCUT2D eigenvalue weighted by molar-refractivity contribution is 5.88. The van der Waals surface area contributed by atoms with Crippen molar-refractivity contribution in [2.45, 2.75) is 25.7 Å². The maximum Gasteiger partial charge on any atom is 0.240 e. The monoisotopic (exact) mass is 208 g/mol. The molecule has 2 fully saturated rings. The largest absolute Gasteiger partial charge is 0.381 e. The molecule has 2 aliphatic rings. The summed E-state index contributed by atoms with van der Waals surface area (Å²) in [6.07, 6.45) is 3.48. The van der Waals surface area contributed by atoms with Gasteiger partial charge in [0, 0.05) is 19.8 Å². The molecule has 1 heterocycles. The van der Waals surface area contributed by atoms with E-state index in [0.29, 0.717) is 12.5 Å². The third-order valence-corrected chi connectivity index (χ3v) is 3.29. The lowest BCUT2D eigenvalue weighted by atomic mass is 10.00. The first-order valence-corrected chi connectivity index (χ1v) is 5.54. The number of ether oxygens (including phenoxy) is 1. The molecule has 15 heavy (non-hydrogen) atoms. The second-order valence-corrected chi connectivity index (χ2v) is 4.46. The fourth-order valence-electron chi connectivity index (χ4n) is 1.87. The van der Waals surface area contributed by atoms with E-state index < -0.39 is 5.41 Å². The summed E-state index contributed by atoms with van der Waals surface area (Å²) in [4.78, 5) is 11.6. The molecule has 1 saturated heterocycles. The fourth-order valence-corrected chi connectivity index (χ4v) is 1.87. The van der Waals surface area contributed by atoms with E-state index in [1.54, 1.807) is 0 Å². The van der Waals surface area contributed by atoms with Crippen molar-refractivity contribution >= 4 is 5.91 Å². The van der Waals surface area contributed by atoms with Gasteiger partial charge < -0.3 is 10.1 Å². The maximum atomic E-state index is 11.6. The minimum atomic E-state index is -0.675. The van der Waals surface area contributed by atoms with Crippen LogP contribution in [0.15, 0.2) is 0 Å². The van der Waals surface area contributed by atoms with Gasteiger partial charge in [0.2, 0.25) is 5.91 Å². The van der Waals surface area contributed by atoms with Crippen molar-refractivity contribution in [3.8, 4) is 6.07 Å².